The van der Waals surface area contributed by atoms with Gasteiger partial charge in [-0.2, -0.15) is 0 Å². The van der Waals surface area contributed by atoms with Crippen LogP contribution in [-0.4, -0.2) is 80.5 Å². The van der Waals surface area contributed by atoms with Crippen LogP contribution in [0.5, 0.6) is 0 Å². The van der Waals surface area contributed by atoms with Crippen LogP contribution in [0.1, 0.15) is 110 Å². The van der Waals surface area contributed by atoms with E-state index in [0.717, 1.165) is 54.7 Å². The Morgan fingerprint density at radius 2 is 1.64 bits per heavy atom. The van der Waals surface area contributed by atoms with Gasteiger partial charge in [0.25, 0.3) is 5.56 Å². The number of rotatable bonds is 12. The molecule has 4 bridgehead atoms. The molecule has 0 amide bonds. The fourth-order valence-electron chi connectivity index (χ4n) is 9.56. The molecule has 2 saturated carbocycles. The highest BCUT2D eigenvalue weighted by atomic mass is 16.6. The average Bonchev–Trinajstić information content (AvgIpc) is 3.01. The van der Waals surface area contributed by atoms with Crippen LogP contribution in [-0.2, 0) is 9.63 Å². The Balaban J connectivity index is 1.30. The van der Waals surface area contributed by atoms with Crippen molar-refractivity contribution in [1.82, 2.24) is 19.4 Å². The fourth-order valence-corrected chi connectivity index (χ4v) is 9.56. The van der Waals surface area contributed by atoms with Gasteiger partial charge >= 0.3 is 5.97 Å². The van der Waals surface area contributed by atoms with Crippen molar-refractivity contribution in [3.05, 3.63) is 40.3 Å². The maximum Gasteiger partial charge on any atom is 0.303 e. The summed E-state index contributed by atoms with van der Waals surface area (Å²) in [6.07, 6.45) is 12.5. The third-order valence-electron chi connectivity index (χ3n) is 11.4. The molecule has 2 aliphatic carbocycles. The highest BCUT2D eigenvalue weighted by Crippen LogP contribution is 2.48. The maximum absolute atomic E-state index is 14.5. The number of para-hydroxylation sites is 2. The molecule has 246 valence electrons. The summed E-state index contributed by atoms with van der Waals surface area (Å²) in [6, 6.07) is 9.62. The van der Waals surface area contributed by atoms with Gasteiger partial charge in [-0.25, -0.2) is 4.98 Å². The van der Waals surface area contributed by atoms with Crippen molar-refractivity contribution in [3.8, 4) is 0 Å². The zero-order valence-electron chi connectivity index (χ0n) is 27.6. The molecule has 4 fully saturated rings. The first kappa shape index (κ1) is 32.2. The molecule has 1 N–H and O–H groups in total. The number of aromatic nitrogens is 2. The minimum atomic E-state index is -0.937. The van der Waals surface area contributed by atoms with E-state index >= 15 is 0 Å². The summed E-state index contributed by atoms with van der Waals surface area (Å²) in [5.74, 6) is 1.69. The minimum Gasteiger partial charge on any atom is -0.481 e. The van der Waals surface area contributed by atoms with Gasteiger partial charge in [-0.3, -0.25) is 14.5 Å². The lowest BCUT2D eigenvalue weighted by atomic mass is 9.65. The molecule has 45 heavy (non-hydrogen) atoms. The third-order valence-corrected chi connectivity index (χ3v) is 11.4. The van der Waals surface area contributed by atoms with Crippen LogP contribution in [0.4, 0.5) is 0 Å². The number of hydrogen-bond acceptors (Lipinski definition) is 7. The Kier molecular flexibility index (Phi) is 10.2. The predicted octanol–water partition coefficient (Wildman–Crippen LogP) is 6.10. The summed E-state index contributed by atoms with van der Waals surface area (Å²) >= 11 is 0. The Hall–Kier alpha value is -2.78. The van der Waals surface area contributed by atoms with Crippen LogP contribution in [0.15, 0.2) is 34.2 Å². The molecule has 9 nitrogen and oxygen atoms in total. The molecular weight excluding hydrogens is 566 g/mol. The second kappa shape index (κ2) is 14.3. The van der Waals surface area contributed by atoms with Crippen molar-refractivity contribution in [3.63, 3.8) is 0 Å². The average molecular weight is 620 g/mol. The van der Waals surface area contributed by atoms with E-state index in [9.17, 15) is 14.7 Å². The van der Waals surface area contributed by atoms with Crippen LogP contribution < -0.4 is 5.56 Å². The van der Waals surface area contributed by atoms with Gasteiger partial charge in [0.2, 0.25) is 0 Å². The van der Waals surface area contributed by atoms with Gasteiger partial charge in [0.05, 0.1) is 17.5 Å². The van der Waals surface area contributed by atoms with Crippen molar-refractivity contribution in [1.29, 1.82) is 0 Å². The number of oxime groups is 1. The van der Waals surface area contributed by atoms with E-state index in [1.165, 1.54) is 51.4 Å². The Morgan fingerprint density at radius 3 is 2.31 bits per heavy atom. The number of piperidine rings is 2. The van der Waals surface area contributed by atoms with E-state index in [-0.39, 0.29) is 30.1 Å². The van der Waals surface area contributed by atoms with Crippen molar-refractivity contribution in [2.75, 3.05) is 26.2 Å². The van der Waals surface area contributed by atoms with E-state index < -0.39 is 5.97 Å². The molecule has 4 atom stereocenters. The standard InChI is InChI=1S/C36H53N5O4/c1-4-39(5-2)15-16-45-38-32(13-14-34(42)43)35-36(44)41(33-12-7-6-11-31(33)37-35)30-22-27-9-8-10-28(23-30)40(27)29-20-25-17-24(3)18-26(19-25)21-29/h6-7,11-12,24-30H,4-5,8-10,13-23H2,1-3H3,(H,42,43)/b38-32+. The van der Waals surface area contributed by atoms with Crippen LogP contribution in [0.2, 0.25) is 0 Å². The number of fused-ring (bicyclic) bond motifs is 5. The number of nitrogens with zero attached hydrogens (tertiary/aromatic N) is 5. The number of carboxylic acids is 1. The second-order valence-corrected chi connectivity index (χ2v) is 14.4. The molecule has 6 rings (SSSR count). The van der Waals surface area contributed by atoms with Crippen molar-refractivity contribution in [2.24, 2.45) is 22.9 Å². The summed E-state index contributed by atoms with van der Waals surface area (Å²) in [5.41, 5.74) is 1.95. The maximum atomic E-state index is 14.5. The second-order valence-electron chi connectivity index (χ2n) is 14.4. The van der Waals surface area contributed by atoms with Crippen molar-refractivity contribution < 1.29 is 14.7 Å². The number of hydrogen-bond donors (Lipinski definition) is 1. The molecule has 3 heterocycles. The highest BCUT2D eigenvalue weighted by molar-refractivity contribution is 6.00. The highest BCUT2D eigenvalue weighted by Gasteiger charge is 2.46. The van der Waals surface area contributed by atoms with E-state index in [0.29, 0.717) is 37.0 Å². The van der Waals surface area contributed by atoms with E-state index in [1.54, 1.807) is 0 Å². The first-order chi connectivity index (χ1) is 21.8. The molecule has 9 heteroatoms. The molecule has 4 aliphatic rings. The van der Waals surface area contributed by atoms with E-state index in [2.05, 4.69) is 35.7 Å². The molecule has 0 spiro atoms. The van der Waals surface area contributed by atoms with Gasteiger partial charge in [0.1, 0.15) is 12.3 Å². The molecule has 1 aromatic heterocycles. The van der Waals surface area contributed by atoms with E-state index in [4.69, 9.17) is 9.82 Å². The SMILES string of the molecule is CCN(CC)CCO/N=C(\CCC(=O)O)c1nc2ccccc2n(C2CC3CCCC(C2)N3C2CC3CC(C)CC(C3)C2)c1=O. The fraction of sp³-hybridized carbons (Fsp3) is 0.722. The number of carboxylic acid groups (broad SMARTS) is 1. The topological polar surface area (TPSA) is 100 Å². The summed E-state index contributed by atoms with van der Waals surface area (Å²) in [6.45, 7) is 9.55. The minimum absolute atomic E-state index is 0.0723. The van der Waals surface area contributed by atoms with Crippen LogP contribution in [0.3, 0.4) is 0 Å². The Morgan fingerprint density at radius 1 is 0.956 bits per heavy atom. The first-order valence-electron chi connectivity index (χ1n) is 17.8. The zero-order valence-corrected chi connectivity index (χ0v) is 27.6. The molecule has 2 aliphatic heterocycles. The largest absolute Gasteiger partial charge is 0.481 e. The van der Waals surface area contributed by atoms with E-state index in [1.807, 2.05) is 28.8 Å². The van der Waals surface area contributed by atoms with Gasteiger partial charge in [0.15, 0.2) is 5.69 Å². The van der Waals surface area contributed by atoms with Gasteiger partial charge in [-0.15, -0.1) is 0 Å². The first-order valence-corrected chi connectivity index (χ1v) is 17.8. The molecule has 0 radical (unpaired) electrons. The quantitative estimate of drug-likeness (QED) is 0.174. The molecular formula is C36H53N5O4. The van der Waals surface area contributed by atoms with Crippen LogP contribution >= 0.6 is 0 Å². The molecule has 2 saturated heterocycles. The monoisotopic (exact) mass is 619 g/mol. The van der Waals surface area contributed by atoms with Crippen LogP contribution in [0, 0.1) is 17.8 Å². The summed E-state index contributed by atoms with van der Waals surface area (Å²) in [5, 5.41) is 13.9. The number of benzene rings is 1. The summed E-state index contributed by atoms with van der Waals surface area (Å²) in [7, 11) is 0. The lowest BCUT2D eigenvalue weighted by Crippen LogP contribution is -2.59. The van der Waals surface area contributed by atoms with Crippen LogP contribution in [0.25, 0.3) is 11.0 Å². The predicted molar refractivity (Wildman–Crippen MR) is 178 cm³/mol. The summed E-state index contributed by atoms with van der Waals surface area (Å²) < 4.78 is 1.99. The lowest BCUT2D eigenvalue weighted by molar-refractivity contribution is -0.136. The molecule has 2 aromatic rings. The lowest BCUT2D eigenvalue weighted by Gasteiger charge is -2.55. The number of aliphatic carboxylic acids is 1. The Bertz CT molecular complexity index is 1390. The Labute approximate surface area is 268 Å². The normalized spacial score (nSPS) is 30.5. The van der Waals surface area contributed by atoms with Crippen molar-refractivity contribution in [2.45, 2.75) is 122 Å². The van der Waals surface area contributed by atoms with Gasteiger partial charge in [-0.05, 0) is 101 Å². The van der Waals surface area contributed by atoms with Gasteiger partial charge in [0, 0.05) is 37.1 Å². The zero-order chi connectivity index (χ0) is 31.5. The number of likely N-dealkylation sites (N-methyl/N-ethyl adjacent to an activating group) is 1. The van der Waals surface area contributed by atoms with Gasteiger partial charge < -0.3 is 19.4 Å². The van der Waals surface area contributed by atoms with Gasteiger partial charge in [-0.1, -0.05) is 44.5 Å². The summed E-state index contributed by atoms with van der Waals surface area (Å²) in [4.78, 5) is 41.7. The smallest absolute Gasteiger partial charge is 0.303 e. The number of carbonyl (C=O) groups is 1. The van der Waals surface area contributed by atoms with Crippen molar-refractivity contribution >= 4 is 22.7 Å². The third kappa shape index (κ3) is 7.14. The molecule has 4 unspecified atom stereocenters. The molecule has 1 aromatic carbocycles.